The van der Waals surface area contributed by atoms with Crippen LogP contribution in [0.2, 0.25) is 0 Å². The van der Waals surface area contributed by atoms with E-state index in [1.165, 1.54) is 12.1 Å². The number of hydrogen-bond donors (Lipinski definition) is 0. The summed E-state index contributed by atoms with van der Waals surface area (Å²) in [5, 5.41) is 0. The van der Waals surface area contributed by atoms with Crippen LogP contribution >= 0.6 is 22.6 Å². The normalized spacial score (nSPS) is 27.8. The Balaban J connectivity index is 1.63. The van der Waals surface area contributed by atoms with Crippen LogP contribution in [0.5, 0.6) is 0 Å². The first-order valence-corrected chi connectivity index (χ1v) is 8.60. The molecule has 1 aliphatic carbocycles. The molecule has 0 bridgehead atoms. The third-order valence-electron chi connectivity index (χ3n) is 4.49. The van der Waals surface area contributed by atoms with Gasteiger partial charge in [-0.25, -0.2) is 8.78 Å². The highest BCUT2D eigenvalue weighted by molar-refractivity contribution is 14.1. The van der Waals surface area contributed by atoms with E-state index < -0.39 is 11.6 Å². The minimum absolute atomic E-state index is 0.0778. The Morgan fingerprint density at radius 2 is 1.52 bits per heavy atom. The van der Waals surface area contributed by atoms with E-state index in [9.17, 15) is 8.78 Å². The van der Waals surface area contributed by atoms with E-state index in [-0.39, 0.29) is 15.8 Å². The lowest BCUT2D eigenvalue weighted by atomic mass is 9.78. The summed E-state index contributed by atoms with van der Waals surface area (Å²) in [6.07, 6.45) is 4.74. The molecule has 1 aromatic rings. The van der Waals surface area contributed by atoms with Crippen molar-refractivity contribution < 1.29 is 18.3 Å². The molecule has 1 saturated heterocycles. The molecule has 21 heavy (non-hydrogen) atoms. The van der Waals surface area contributed by atoms with Gasteiger partial charge in [-0.1, -0.05) is 0 Å². The molecule has 2 aliphatic rings. The highest BCUT2D eigenvalue weighted by atomic mass is 127. The molecule has 2 nitrogen and oxygen atoms in total. The Kier molecular flexibility index (Phi) is 5.11. The number of ether oxygens (including phenoxy) is 2. The van der Waals surface area contributed by atoms with E-state index in [2.05, 4.69) is 0 Å². The van der Waals surface area contributed by atoms with E-state index in [1.54, 1.807) is 22.6 Å². The second kappa shape index (κ2) is 6.87. The standard InChI is InChI=1S/C16H19F2IO2/c17-13-8-12(9-14(18)15(13)19)10-2-4-11(5-3-10)16-20-6-1-7-21-16/h8-11,16H,1-7H2. The minimum Gasteiger partial charge on any atom is -0.352 e. The van der Waals surface area contributed by atoms with Crippen molar-refractivity contribution >= 4 is 22.6 Å². The fraction of sp³-hybridized carbons (Fsp3) is 0.625. The molecule has 5 heteroatoms. The molecule has 0 atom stereocenters. The van der Waals surface area contributed by atoms with Crippen molar-refractivity contribution in [3.63, 3.8) is 0 Å². The van der Waals surface area contributed by atoms with Crippen molar-refractivity contribution in [2.75, 3.05) is 13.2 Å². The molecule has 0 aromatic heterocycles. The van der Waals surface area contributed by atoms with E-state index >= 15 is 0 Å². The Morgan fingerprint density at radius 3 is 2.10 bits per heavy atom. The first-order valence-electron chi connectivity index (χ1n) is 7.53. The molecule has 0 N–H and O–H groups in total. The number of hydrogen-bond acceptors (Lipinski definition) is 2. The van der Waals surface area contributed by atoms with Gasteiger partial charge in [0.2, 0.25) is 0 Å². The zero-order valence-corrected chi connectivity index (χ0v) is 13.9. The van der Waals surface area contributed by atoms with Crippen molar-refractivity contribution in [3.8, 4) is 0 Å². The summed E-state index contributed by atoms with van der Waals surface area (Å²) in [6, 6.07) is 2.98. The maximum absolute atomic E-state index is 13.7. The summed E-state index contributed by atoms with van der Waals surface area (Å²) >= 11 is 1.71. The quantitative estimate of drug-likeness (QED) is 0.526. The van der Waals surface area contributed by atoms with Gasteiger partial charge < -0.3 is 9.47 Å². The first-order chi connectivity index (χ1) is 10.1. The predicted octanol–water partition coefficient (Wildman–Crippen LogP) is 4.61. The van der Waals surface area contributed by atoms with Crippen LogP contribution in [0.3, 0.4) is 0 Å². The summed E-state index contributed by atoms with van der Waals surface area (Å²) < 4.78 is 38.8. The van der Waals surface area contributed by atoms with Gasteiger partial charge in [-0.15, -0.1) is 0 Å². The van der Waals surface area contributed by atoms with Gasteiger partial charge in [0.05, 0.1) is 16.8 Å². The van der Waals surface area contributed by atoms with Crippen molar-refractivity contribution in [2.24, 2.45) is 5.92 Å². The average molecular weight is 408 g/mol. The fourth-order valence-electron chi connectivity index (χ4n) is 3.31. The van der Waals surface area contributed by atoms with E-state index in [0.717, 1.165) is 50.9 Å². The van der Waals surface area contributed by atoms with Gasteiger partial charge in [-0.3, -0.25) is 0 Å². The lowest BCUT2D eigenvalue weighted by molar-refractivity contribution is -0.209. The molecule has 3 rings (SSSR count). The molecule has 0 unspecified atom stereocenters. The van der Waals surface area contributed by atoms with Gasteiger partial charge in [0.1, 0.15) is 11.6 Å². The molecule has 1 aliphatic heterocycles. The molecule has 0 amide bonds. The summed E-state index contributed by atoms with van der Waals surface area (Å²) in [4.78, 5) is 0. The highest BCUT2D eigenvalue weighted by Gasteiger charge is 2.31. The van der Waals surface area contributed by atoms with E-state index in [4.69, 9.17) is 9.47 Å². The van der Waals surface area contributed by atoms with Crippen LogP contribution in [-0.4, -0.2) is 19.5 Å². The molecule has 1 saturated carbocycles. The SMILES string of the molecule is Fc1cc(C2CCC(C3OCCCO3)CC2)cc(F)c1I. The Hall–Kier alpha value is -0.270. The highest BCUT2D eigenvalue weighted by Crippen LogP contribution is 2.39. The van der Waals surface area contributed by atoms with Crippen LogP contribution in [0.25, 0.3) is 0 Å². The van der Waals surface area contributed by atoms with Crippen LogP contribution in [-0.2, 0) is 9.47 Å². The predicted molar refractivity (Wildman–Crippen MR) is 84.1 cm³/mol. The van der Waals surface area contributed by atoms with Crippen molar-refractivity contribution in [1.82, 2.24) is 0 Å². The third kappa shape index (κ3) is 3.56. The van der Waals surface area contributed by atoms with Crippen LogP contribution in [0.4, 0.5) is 8.78 Å². The lowest BCUT2D eigenvalue weighted by Gasteiger charge is -2.35. The van der Waals surface area contributed by atoms with Crippen LogP contribution in [0.1, 0.15) is 43.6 Å². The number of benzene rings is 1. The first kappa shape index (κ1) is 15.6. The van der Waals surface area contributed by atoms with E-state index in [0.29, 0.717) is 5.92 Å². The molecule has 1 heterocycles. The third-order valence-corrected chi connectivity index (χ3v) is 5.52. The fourth-order valence-corrected chi connectivity index (χ4v) is 3.63. The Labute approximate surface area is 137 Å². The lowest BCUT2D eigenvalue weighted by Crippen LogP contribution is -2.34. The van der Waals surface area contributed by atoms with Crippen LogP contribution in [0.15, 0.2) is 12.1 Å². The maximum Gasteiger partial charge on any atom is 0.160 e. The molecule has 2 fully saturated rings. The zero-order valence-electron chi connectivity index (χ0n) is 11.8. The van der Waals surface area contributed by atoms with Crippen molar-refractivity contribution in [3.05, 3.63) is 32.9 Å². The molecular weight excluding hydrogens is 389 g/mol. The van der Waals surface area contributed by atoms with Crippen molar-refractivity contribution in [1.29, 1.82) is 0 Å². The zero-order chi connectivity index (χ0) is 14.8. The van der Waals surface area contributed by atoms with Gasteiger partial charge >= 0.3 is 0 Å². The summed E-state index contributed by atoms with van der Waals surface area (Å²) in [7, 11) is 0. The minimum atomic E-state index is -0.452. The largest absolute Gasteiger partial charge is 0.352 e. The number of halogens is 3. The van der Waals surface area contributed by atoms with Crippen LogP contribution in [0, 0.1) is 21.1 Å². The molecule has 0 spiro atoms. The molecule has 1 aromatic carbocycles. The van der Waals surface area contributed by atoms with Gasteiger partial charge in [0.15, 0.2) is 6.29 Å². The Bertz CT molecular complexity index is 472. The van der Waals surface area contributed by atoms with Gasteiger partial charge in [-0.2, -0.15) is 0 Å². The second-order valence-corrected chi connectivity index (χ2v) is 6.95. The van der Waals surface area contributed by atoms with Gasteiger partial charge in [-0.05, 0) is 78.3 Å². The Morgan fingerprint density at radius 1 is 0.952 bits per heavy atom. The van der Waals surface area contributed by atoms with Gasteiger partial charge in [0.25, 0.3) is 0 Å². The summed E-state index contributed by atoms with van der Waals surface area (Å²) in [6.45, 7) is 1.55. The second-order valence-electron chi connectivity index (χ2n) is 5.87. The average Bonchev–Trinajstić information content (AvgIpc) is 2.53. The maximum atomic E-state index is 13.7. The molecule has 116 valence electrons. The summed E-state index contributed by atoms with van der Waals surface area (Å²) in [5.74, 6) is -0.246. The topological polar surface area (TPSA) is 18.5 Å². The van der Waals surface area contributed by atoms with Gasteiger partial charge in [0, 0.05) is 5.92 Å². The smallest absolute Gasteiger partial charge is 0.160 e. The van der Waals surface area contributed by atoms with Crippen molar-refractivity contribution in [2.45, 2.75) is 44.3 Å². The molecular formula is C16H19F2IO2. The summed E-state index contributed by atoms with van der Waals surface area (Å²) in [5.41, 5.74) is 0.786. The van der Waals surface area contributed by atoms with E-state index in [1.807, 2.05) is 0 Å². The molecule has 0 radical (unpaired) electrons. The van der Waals surface area contributed by atoms with Crippen LogP contribution < -0.4 is 0 Å². The number of rotatable bonds is 2. The monoisotopic (exact) mass is 408 g/mol.